The number of nitrogens with zero attached hydrogens (tertiary/aromatic N) is 2. The molecule has 5 heteroatoms. The third-order valence-corrected chi connectivity index (χ3v) is 3.59. The molecule has 17 heavy (non-hydrogen) atoms. The van der Waals surface area contributed by atoms with Gasteiger partial charge in [0.1, 0.15) is 0 Å². The maximum Gasteiger partial charge on any atom is 0.239 e. The Bertz CT molecular complexity index is 246. The monoisotopic (exact) mass is 241 g/mol. The predicted octanol–water partition coefficient (Wildman–Crippen LogP) is -0.471. The Kier molecular flexibility index (Phi) is 4.76. The van der Waals surface area contributed by atoms with E-state index in [-0.39, 0.29) is 11.9 Å². The van der Waals surface area contributed by atoms with E-state index >= 15 is 0 Å². The van der Waals surface area contributed by atoms with E-state index in [9.17, 15) is 4.79 Å². The summed E-state index contributed by atoms with van der Waals surface area (Å²) in [6, 6.07) is -0.00481. The maximum atomic E-state index is 12.3. The normalized spacial score (nSPS) is 25.4. The highest BCUT2D eigenvalue weighted by atomic mass is 16.5. The lowest BCUT2D eigenvalue weighted by Gasteiger charge is -2.34. The van der Waals surface area contributed by atoms with Gasteiger partial charge in [-0.15, -0.1) is 0 Å². The van der Waals surface area contributed by atoms with Crippen LogP contribution < -0.4 is 5.32 Å². The van der Waals surface area contributed by atoms with Crippen LogP contribution in [0.1, 0.15) is 13.3 Å². The van der Waals surface area contributed by atoms with Crippen LogP contribution in [0.15, 0.2) is 0 Å². The first-order chi connectivity index (χ1) is 8.29. The van der Waals surface area contributed by atoms with Crippen LogP contribution in [0.2, 0.25) is 0 Å². The molecular weight excluding hydrogens is 218 g/mol. The zero-order valence-corrected chi connectivity index (χ0v) is 10.7. The molecule has 0 aromatic carbocycles. The van der Waals surface area contributed by atoms with Gasteiger partial charge in [0.2, 0.25) is 5.91 Å². The number of hydrogen-bond donors (Lipinski definition) is 1. The molecule has 2 fully saturated rings. The van der Waals surface area contributed by atoms with Gasteiger partial charge in [-0.3, -0.25) is 9.69 Å². The molecule has 2 saturated heterocycles. The lowest BCUT2D eigenvalue weighted by molar-refractivity contribution is -0.137. The fourth-order valence-corrected chi connectivity index (χ4v) is 2.46. The average molecular weight is 241 g/mol. The summed E-state index contributed by atoms with van der Waals surface area (Å²) in [4.78, 5) is 16.6. The second-order valence-corrected chi connectivity index (χ2v) is 4.75. The van der Waals surface area contributed by atoms with Crippen LogP contribution in [0.5, 0.6) is 0 Å². The number of ether oxygens (including phenoxy) is 1. The van der Waals surface area contributed by atoms with Gasteiger partial charge in [-0.2, -0.15) is 0 Å². The molecule has 5 nitrogen and oxygen atoms in total. The smallest absolute Gasteiger partial charge is 0.239 e. The van der Waals surface area contributed by atoms with Gasteiger partial charge in [-0.25, -0.2) is 0 Å². The van der Waals surface area contributed by atoms with Gasteiger partial charge >= 0.3 is 0 Å². The topological polar surface area (TPSA) is 44.8 Å². The van der Waals surface area contributed by atoms with Crippen molar-refractivity contribution in [2.24, 2.45) is 0 Å². The molecule has 2 aliphatic rings. The standard InChI is InChI=1S/C12H23N3O2/c1-11(14-5-2-9-17-10-8-14)12(16)15-6-3-13-4-7-15/h11,13H,2-10H2,1H3. The first-order valence-corrected chi connectivity index (χ1v) is 6.60. The molecule has 0 aromatic rings. The highest BCUT2D eigenvalue weighted by Gasteiger charge is 2.27. The molecule has 1 atom stereocenters. The number of carbonyl (C=O) groups excluding carboxylic acids is 1. The van der Waals surface area contributed by atoms with Crippen LogP contribution in [0, 0.1) is 0 Å². The molecule has 1 amide bonds. The number of piperazine rings is 1. The van der Waals surface area contributed by atoms with Gasteiger partial charge in [0.15, 0.2) is 0 Å². The number of amides is 1. The van der Waals surface area contributed by atoms with Crippen LogP contribution in [0.3, 0.4) is 0 Å². The second kappa shape index (κ2) is 6.33. The summed E-state index contributed by atoms with van der Waals surface area (Å²) in [7, 11) is 0. The lowest BCUT2D eigenvalue weighted by atomic mass is 10.2. The minimum absolute atomic E-state index is 0.00481. The minimum Gasteiger partial charge on any atom is -0.380 e. The van der Waals surface area contributed by atoms with Crippen molar-refractivity contribution in [3.8, 4) is 0 Å². The molecule has 98 valence electrons. The summed E-state index contributed by atoms with van der Waals surface area (Å²) >= 11 is 0. The van der Waals surface area contributed by atoms with Crippen molar-refractivity contribution >= 4 is 5.91 Å². The van der Waals surface area contributed by atoms with E-state index in [1.165, 1.54) is 0 Å². The lowest BCUT2D eigenvalue weighted by Crippen LogP contribution is -2.53. The van der Waals surface area contributed by atoms with Crippen molar-refractivity contribution in [1.82, 2.24) is 15.1 Å². The summed E-state index contributed by atoms with van der Waals surface area (Å²) < 4.78 is 5.42. The molecule has 0 bridgehead atoms. The largest absolute Gasteiger partial charge is 0.380 e. The van der Waals surface area contributed by atoms with E-state index in [1.807, 2.05) is 11.8 Å². The van der Waals surface area contributed by atoms with E-state index in [0.717, 1.165) is 58.9 Å². The summed E-state index contributed by atoms with van der Waals surface area (Å²) in [5.41, 5.74) is 0. The minimum atomic E-state index is -0.00481. The zero-order valence-electron chi connectivity index (χ0n) is 10.7. The van der Waals surface area contributed by atoms with Crippen LogP contribution in [0.4, 0.5) is 0 Å². The van der Waals surface area contributed by atoms with Gasteiger partial charge in [0.05, 0.1) is 12.6 Å². The molecule has 1 unspecified atom stereocenters. The Balaban J connectivity index is 1.88. The summed E-state index contributed by atoms with van der Waals surface area (Å²) in [6.45, 7) is 8.96. The van der Waals surface area contributed by atoms with Crippen molar-refractivity contribution in [2.75, 3.05) is 52.5 Å². The molecule has 2 rings (SSSR count). The second-order valence-electron chi connectivity index (χ2n) is 4.75. The third-order valence-electron chi connectivity index (χ3n) is 3.59. The molecular formula is C12H23N3O2. The van der Waals surface area contributed by atoms with Crippen LogP contribution in [-0.2, 0) is 9.53 Å². The van der Waals surface area contributed by atoms with Crippen molar-refractivity contribution in [3.05, 3.63) is 0 Å². The zero-order chi connectivity index (χ0) is 12.1. The quantitative estimate of drug-likeness (QED) is 0.710. The summed E-state index contributed by atoms with van der Waals surface area (Å²) in [5, 5.41) is 3.27. The van der Waals surface area contributed by atoms with E-state index in [4.69, 9.17) is 4.74 Å². The molecule has 1 N–H and O–H groups in total. The fraction of sp³-hybridized carbons (Fsp3) is 0.917. The van der Waals surface area contributed by atoms with E-state index in [1.54, 1.807) is 0 Å². The van der Waals surface area contributed by atoms with Crippen LogP contribution >= 0.6 is 0 Å². The number of carbonyl (C=O) groups is 1. The van der Waals surface area contributed by atoms with Gasteiger partial charge in [0, 0.05) is 45.9 Å². The molecule has 0 saturated carbocycles. The highest BCUT2D eigenvalue weighted by molar-refractivity contribution is 5.81. The Morgan fingerprint density at radius 3 is 2.71 bits per heavy atom. The molecule has 2 aliphatic heterocycles. The maximum absolute atomic E-state index is 12.3. The average Bonchev–Trinajstić information content (AvgIpc) is 2.67. The first-order valence-electron chi connectivity index (χ1n) is 6.60. The van der Waals surface area contributed by atoms with Gasteiger partial charge in [-0.05, 0) is 13.3 Å². The van der Waals surface area contributed by atoms with Gasteiger partial charge in [-0.1, -0.05) is 0 Å². The van der Waals surface area contributed by atoms with Crippen molar-refractivity contribution in [2.45, 2.75) is 19.4 Å². The molecule has 0 aliphatic carbocycles. The molecule has 2 heterocycles. The molecule has 0 radical (unpaired) electrons. The van der Waals surface area contributed by atoms with Crippen LogP contribution in [0.25, 0.3) is 0 Å². The summed E-state index contributed by atoms with van der Waals surface area (Å²) in [6.07, 6.45) is 1.03. The van der Waals surface area contributed by atoms with Gasteiger partial charge < -0.3 is 15.0 Å². The summed E-state index contributed by atoms with van der Waals surface area (Å²) in [5.74, 6) is 0.272. The van der Waals surface area contributed by atoms with Gasteiger partial charge in [0.25, 0.3) is 0 Å². The number of hydrogen-bond acceptors (Lipinski definition) is 4. The van der Waals surface area contributed by atoms with E-state index < -0.39 is 0 Å². The predicted molar refractivity (Wildman–Crippen MR) is 65.9 cm³/mol. The first kappa shape index (κ1) is 12.8. The third kappa shape index (κ3) is 3.40. The van der Waals surface area contributed by atoms with E-state index in [2.05, 4.69) is 10.2 Å². The SMILES string of the molecule is CC(C(=O)N1CCNCC1)N1CCCOCC1. The van der Waals surface area contributed by atoms with Crippen molar-refractivity contribution < 1.29 is 9.53 Å². The Labute approximate surface area is 103 Å². The number of nitrogens with one attached hydrogen (secondary N) is 1. The Hall–Kier alpha value is -0.650. The van der Waals surface area contributed by atoms with E-state index in [0.29, 0.717) is 0 Å². The van der Waals surface area contributed by atoms with Crippen molar-refractivity contribution in [1.29, 1.82) is 0 Å². The Morgan fingerprint density at radius 2 is 1.94 bits per heavy atom. The Morgan fingerprint density at radius 1 is 1.18 bits per heavy atom. The molecule has 0 aromatic heterocycles. The highest BCUT2D eigenvalue weighted by Crippen LogP contribution is 2.08. The number of rotatable bonds is 2. The molecule has 0 spiro atoms. The fourth-order valence-electron chi connectivity index (χ4n) is 2.46. The van der Waals surface area contributed by atoms with Crippen molar-refractivity contribution in [3.63, 3.8) is 0 Å². The van der Waals surface area contributed by atoms with Crippen LogP contribution in [-0.4, -0.2) is 74.2 Å².